The molecule has 104 valence electrons. The Balaban J connectivity index is 2.29. The minimum Gasteiger partial charge on any atom is -0.373 e. The number of anilines is 1. The maximum absolute atomic E-state index is 12.5. The zero-order chi connectivity index (χ0) is 13.8. The average molecular weight is 260 g/mol. The zero-order valence-electron chi connectivity index (χ0n) is 12.2. The fourth-order valence-electron chi connectivity index (χ4n) is 2.56. The number of nitrogens with zero attached hydrogens (tertiary/aromatic N) is 1. The Kier molecular flexibility index (Phi) is 4.46. The average Bonchev–Trinajstić information content (AvgIpc) is 2.53. The van der Waals surface area contributed by atoms with E-state index in [4.69, 9.17) is 0 Å². The second-order valence-electron chi connectivity index (χ2n) is 5.38. The van der Waals surface area contributed by atoms with E-state index in [-0.39, 0.29) is 11.9 Å². The van der Waals surface area contributed by atoms with E-state index in [0.29, 0.717) is 0 Å². The molecule has 1 atom stereocenters. The summed E-state index contributed by atoms with van der Waals surface area (Å²) in [6, 6.07) is 6.31. The summed E-state index contributed by atoms with van der Waals surface area (Å²) >= 11 is 0. The highest BCUT2D eigenvalue weighted by molar-refractivity contribution is 5.86. The molecule has 0 fully saturated rings. The second kappa shape index (κ2) is 6.09. The lowest BCUT2D eigenvalue weighted by molar-refractivity contribution is -0.132. The number of nitrogens with one attached hydrogen (secondary N) is 1. The van der Waals surface area contributed by atoms with Crippen LogP contribution < -0.4 is 5.32 Å². The Morgan fingerprint density at radius 2 is 2.16 bits per heavy atom. The Morgan fingerprint density at radius 1 is 1.37 bits per heavy atom. The number of hydrogen-bond donors (Lipinski definition) is 1. The zero-order valence-corrected chi connectivity index (χ0v) is 12.2. The van der Waals surface area contributed by atoms with Crippen LogP contribution in [-0.4, -0.2) is 23.4 Å². The summed E-state index contributed by atoms with van der Waals surface area (Å²) < 4.78 is 0. The second-order valence-corrected chi connectivity index (χ2v) is 5.38. The molecular formula is C16H24N2O. The molecule has 2 rings (SSSR count). The highest BCUT2D eigenvalue weighted by atomic mass is 16.2. The van der Waals surface area contributed by atoms with Crippen molar-refractivity contribution in [3.05, 3.63) is 29.3 Å². The highest BCUT2D eigenvalue weighted by Gasteiger charge is 2.27. The molecule has 19 heavy (non-hydrogen) atoms. The molecule has 0 aliphatic carbocycles. The molecule has 1 aliphatic rings. The first-order valence-electron chi connectivity index (χ1n) is 7.30. The van der Waals surface area contributed by atoms with E-state index in [1.54, 1.807) is 0 Å². The van der Waals surface area contributed by atoms with E-state index < -0.39 is 0 Å². The van der Waals surface area contributed by atoms with Gasteiger partial charge in [-0.05, 0) is 31.4 Å². The van der Waals surface area contributed by atoms with Crippen molar-refractivity contribution in [3.8, 4) is 0 Å². The minimum absolute atomic E-state index is 0.0826. The van der Waals surface area contributed by atoms with Gasteiger partial charge in [0.1, 0.15) is 6.04 Å². The number of carbonyl (C=O) groups is 1. The quantitative estimate of drug-likeness (QED) is 0.900. The van der Waals surface area contributed by atoms with Gasteiger partial charge in [-0.1, -0.05) is 38.0 Å². The van der Waals surface area contributed by atoms with E-state index in [1.165, 1.54) is 11.1 Å². The summed E-state index contributed by atoms with van der Waals surface area (Å²) in [4.78, 5) is 14.5. The van der Waals surface area contributed by atoms with Gasteiger partial charge in [-0.25, -0.2) is 0 Å². The Morgan fingerprint density at radius 3 is 2.84 bits per heavy atom. The minimum atomic E-state index is -0.0826. The number of benzene rings is 1. The van der Waals surface area contributed by atoms with E-state index in [0.717, 1.165) is 38.0 Å². The number of aryl methyl sites for hydroxylation is 1. The molecule has 0 radical (unpaired) electrons. The lowest BCUT2D eigenvalue weighted by Gasteiger charge is -2.23. The molecule has 3 nitrogen and oxygen atoms in total. The van der Waals surface area contributed by atoms with Crippen molar-refractivity contribution in [3.63, 3.8) is 0 Å². The van der Waals surface area contributed by atoms with Crippen LogP contribution in [0.2, 0.25) is 0 Å². The maximum atomic E-state index is 12.5. The molecule has 0 saturated heterocycles. The monoisotopic (exact) mass is 260 g/mol. The summed E-state index contributed by atoms with van der Waals surface area (Å²) in [6.07, 6.45) is 3.02. The van der Waals surface area contributed by atoms with E-state index in [1.807, 2.05) is 4.90 Å². The van der Waals surface area contributed by atoms with Crippen LogP contribution in [0.15, 0.2) is 18.2 Å². The summed E-state index contributed by atoms with van der Waals surface area (Å²) in [5, 5.41) is 3.40. The van der Waals surface area contributed by atoms with Crippen molar-refractivity contribution < 1.29 is 4.79 Å². The normalized spacial score (nSPS) is 18.8. The predicted molar refractivity (Wildman–Crippen MR) is 79.2 cm³/mol. The third-order valence-electron chi connectivity index (χ3n) is 3.75. The van der Waals surface area contributed by atoms with Crippen LogP contribution in [0.1, 0.15) is 44.2 Å². The molecule has 3 heteroatoms. The van der Waals surface area contributed by atoms with Gasteiger partial charge in [0.25, 0.3) is 0 Å². The number of unbranched alkanes of at least 4 members (excludes halogenated alkanes) is 1. The first-order valence-corrected chi connectivity index (χ1v) is 7.30. The van der Waals surface area contributed by atoms with E-state index in [9.17, 15) is 4.79 Å². The van der Waals surface area contributed by atoms with Crippen LogP contribution in [0.3, 0.4) is 0 Å². The molecule has 0 unspecified atom stereocenters. The molecule has 1 aliphatic heterocycles. The van der Waals surface area contributed by atoms with Crippen LogP contribution in [0.5, 0.6) is 0 Å². The highest BCUT2D eigenvalue weighted by Crippen LogP contribution is 2.25. The summed E-state index contributed by atoms with van der Waals surface area (Å²) in [6.45, 7) is 7.92. The van der Waals surface area contributed by atoms with Crippen molar-refractivity contribution in [2.24, 2.45) is 0 Å². The lowest BCUT2D eigenvalue weighted by atomic mass is 10.1. The van der Waals surface area contributed by atoms with Gasteiger partial charge < -0.3 is 10.2 Å². The van der Waals surface area contributed by atoms with E-state index >= 15 is 0 Å². The molecular weight excluding hydrogens is 236 g/mol. The van der Waals surface area contributed by atoms with Crippen molar-refractivity contribution in [1.82, 2.24) is 4.90 Å². The Hall–Kier alpha value is -1.51. The van der Waals surface area contributed by atoms with Gasteiger partial charge in [0.15, 0.2) is 0 Å². The van der Waals surface area contributed by atoms with Crippen LogP contribution >= 0.6 is 0 Å². The molecule has 1 aromatic rings. The standard InChI is InChI=1S/C16H24N2O/c1-4-6-9-18-11-13-10-12(3)7-8-15(13)17-14(5-2)16(18)19/h7-8,10,14,17H,4-6,9,11H2,1-3H3/t14-/m0/s1. The molecule has 0 spiro atoms. The summed E-state index contributed by atoms with van der Waals surface area (Å²) in [5.41, 5.74) is 3.60. The van der Waals surface area contributed by atoms with Gasteiger partial charge in [0, 0.05) is 18.8 Å². The molecule has 1 heterocycles. The third-order valence-corrected chi connectivity index (χ3v) is 3.75. The van der Waals surface area contributed by atoms with Crippen LogP contribution in [0.25, 0.3) is 0 Å². The lowest BCUT2D eigenvalue weighted by Crippen LogP contribution is -2.40. The summed E-state index contributed by atoms with van der Waals surface area (Å²) in [5.74, 6) is 0.241. The van der Waals surface area contributed by atoms with Gasteiger partial charge >= 0.3 is 0 Å². The summed E-state index contributed by atoms with van der Waals surface area (Å²) in [7, 11) is 0. The Labute approximate surface area is 116 Å². The van der Waals surface area contributed by atoms with Gasteiger partial charge in [-0.15, -0.1) is 0 Å². The maximum Gasteiger partial charge on any atom is 0.245 e. The predicted octanol–water partition coefficient (Wildman–Crippen LogP) is 3.33. The first kappa shape index (κ1) is 13.9. The van der Waals surface area contributed by atoms with Gasteiger partial charge in [0.05, 0.1) is 0 Å². The molecule has 0 bridgehead atoms. The van der Waals surface area contributed by atoms with Crippen LogP contribution in [0, 0.1) is 6.92 Å². The smallest absolute Gasteiger partial charge is 0.245 e. The number of rotatable bonds is 4. The molecule has 0 aromatic heterocycles. The van der Waals surface area contributed by atoms with Crippen LogP contribution in [0.4, 0.5) is 5.69 Å². The fraction of sp³-hybridized carbons (Fsp3) is 0.562. The molecule has 0 saturated carbocycles. The van der Waals surface area contributed by atoms with Gasteiger partial charge in [0.2, 0.25) is 5.91 Å². The van der Waals surface area contributed by atoms with Crippen molar-refractivity contribution in [2.75, 3.05) is 11.9 Å². The number of hydrogen-bond acceptors (Lipinski definition) is 2. The largest absolute Gasteiger partial charge is 0.373 e. The molecule has 1 aromatic carbocycles. The van der Waals surface area contributed by atoms with Crippen molar-refractivity contribution >= 4 is 11.6 Å². The molecule has 1 amide bonds. The van der Waals surface area contributed by atoms with Crippen molar-refractivity contribution in [1.29, 1.82) is 0 Å². The first-order chi connectivity index (χ1) is 9.15. The number of fused-ring (bicyclic) bond motifs is 1. The van der Waals surface area contributed by atoms with E-state index in [2.05, 4.69) is 44.3 Å². The van der Waals surface area contributed by atoms with Gasteiger partial charge in [-0.3, -0.25) is 4.79 Å². The Bertz CT molecular complexity index is 456. The number of amides is 1. The fourth-order valence-corrected chi connectivity index (χ4v) is 2.56. The topological polar surface area (TPSA) is 32.3 Å². The third kappa shape index (κ3) is 3.09. The van der Waals surface area contributed by atoms with Crippen molar-refractivity contribution in [2.45, 2.75) is 52.6 Å². The van der Waals surface area contributed by atoms with Crippen LogP contribution in [-0.2, 0) is 11.3 Å². The number of carbonyl (C=O) groups excluding carboxylic acids is 1. The van der Waals surface area contributed by atoms with Gasteiger partial charge in [-0.2, -0.15) is 0 Å². The molecule has 1 N–H and O–H groups in total. The SMILES string of the molecule is CCCCN1Cc2cc(C)ccc2N[C@@H](CC)C1=O.